The number of ether oxygens (including phenoxy) is 1. The molecule has 0 bridgehead atoms. The Hall–Kier alpha value is -2.86. The second-order valence-corrected chi connectivity index (χ2v) is 9.86. The predicted octanol–water partition coefficient (Wildman–Crippen LogP) is 5.05. The highest BCUT2D eigenvalue weighted by Gasteiger charge is 2.38. The molecule has 1 aromatic heterocycles. The van der Waals surface area contributed by atoms with Crippen molar-refractivity contribution in [2.75, 3.05) is 19.6 Å². The molecule has 1 aliphatic carbocycles. The topological polar surface area (TPSA) is 45.7 Å². The van der Waals surface area contributed by atoms with Gasteiger partial charge in [0, 0.05) is 44.2 Å². The van der Waals surface area contributed by atoms with Crippen LogP contribution in [0.25, 0.3) is 10.2 Å². The van der Waals surface area contributed by atoms with E-state index in [1.807, 2.05) is 30.3 Å². The Labute approximate surface area is 185 Å². The van der Waals surface area contributed by atoms with E-state index in [0.29, 0.717) is 22.9 Å². The molecule has 1 unspecified atom stereocenters. The molecular weight excluding hydrogens is 406 g/mol. The summed E-state index contributed by atoms with van der Waals surface area (Å²) in [6.07, 6.45) is 5.67. The van der Waals surface area contributed by atoms with Crippen LogP contribution in [0.3, 0.4) is 0 Å². The summed E-state index contributed by atoms with van der Waals surface area (Å²) >= 11 is 1.56. The van der Waals surface area contributed by atoms with E-state index in [4.69, 9.17) is 4.74 Å². The smallest absolute Gasteiger partial charge is 0.279 e. The lowest BCUT2D eigenvalue weighted by molar-refractivity contribution is -0.137. The van der Waals surface area contributed by atoms with Crippen molar-refractivity contribution in [3.63, 3.8) is 0 Å². The Morgan fingerprint density at radius 3 is 2.68 bits per heavy atom. The standard InChI is InChI=1S/C25H25N3O2S/c29-24(18-4-3-5-18)28-15-19-13-27(14-20(19)16-28)12-17-8-10-21(11-9-17)30-25-26-22-6-1-2-7-23(22)31-25/h1-2,6-11,13,18,20H,3-5,12,14-16H2. The highest BCUT2D eigenvalue weighted by molar-refractivity contribution is 7.20. The summed E-state index contributed by atoms with van der Waals surface area (Å²) in [5, 5.41) is 0.673. The minimum atomic E-state index is 0.305. The van der Waals surface area contributed by atoms with Crippen molar-refractivity contribution in [3.8, 4) is 10.9 Å². The first-order valence-electron chi connectivity index (χ1n) is 11.1. The number of thiazole rings is 1. The van der Waals surface area contributed by atoms with Gasteiger partial charge in [-0.3, -0.25) is 4.79 Å². The zero-order valence-corrected chi connectivity index (χ0v) is 18.2. The van der Waals surface area contributed by atoms with Gasteiger partial charge in [0.05, 0.1) is 10.2 Å². The van der Waals surface area contributed by atoms with Crippen molar-refractivity contribution in [3.05, 3.63) is 65.9 Å². The number of amides is 1. The van der Waals surface area contributed by atoms with E-state index in [-0.39, 0.29) is 0 Å². The third-order valence-corrected chi connectivity index (χ3v) is 7.61. The van der Waals surface area contributed by atoms with Gasteiger partial charge in [-0.1, -0.05) is 42.0 Å². The second-order valence-electron chi connectivity index (χ2n) is 8.87. The Morgan fingerprint density at radius 2 is 1.94 bits per heavy atom. The van der Waals surface area contributed by atoms with Gasteiger partial charge >= 0.3 is 0 Å². The largest absolute Gasteiger partial charge is 0.431 e. The van der Waals surface area contributed by atoms with Gasteiger partial charge in [0.1, 0.15) is 5.75 Å². The van der Waals surface area contributed by atoms with E-state index in [2.05, 4.69) is 39.2 Å². The molecule has 0 spiro atoms. The normalized spacial score (nSPS) is 20.6. The van der Waals surface area contributed by atoms with Crippen LogP contribution >= 0.6 is 11.3 Å². The molecule has 3 aliphatic rings. The van der Waals surface area contributed by atoms with E-state index >= 15 is 0 Å². The Bertz CT molecular complexity index is 1120. The van der Waals surface area contributed by atoms with Crippen LogP contribution in [0.2, 0.25) is 0 Å². The number of likely N-dealkylation sites (tertiary alicyclic amines) is 1. The third kappa shape index (κ3) is 3.69. The molecule has 6 heteroatoms. The van der Waals surface area contributed by atoms with E-state index in [9.17, 15) is 4.79 Å². The molecule has 1 amide bonds. The summed E-state index contributed by atoms with van der Waals surface area (Å²) in [6.45, 7) is 3.61. The van der Waals surface area contributed by atoms with Crippen LogP contribution in [0.5, 0.6) is 10.9 Å². The van der Waals surface area contributed by atoms with Gasteiger partial charge < -0.3 is 14.5 Å². The first-order chi connectivity index (χ1) is 15.2. The molecule has 0 radical (unpaired) electrons. The molecule has 2 aliphatic heterocycles. The van der Waals surface area contributed by atoms with Crippen molar-refractivity contribution in [1.29, 1.82) is 0 Å². The van der Waals surface area contributed by atoms with Crippen molar-refractivity contribution in [2.45, 2.75) is 25.8 Å². The summed E-state index contributed by atoms with van der Waals surface area (Å²) < 4.78 is 7.09. The lowest BCUT2D eigenvalue weighted by Gasteiger charge is -2.29. The van der Waals surface area contributed by atoms with Gasteiger partial charge in [-0.25, -0.2) is 4.98 Å². The van der Waals surface area contributed by atoms with Gasteiger partial charge in [-0.2, -0.15) is 0 Å². The monoisotopic (exact) mass is 431 g/mol. The van der Waals surface area contributed by atoms with Crippen molar-refractivity contribution >= 4 is 27.5 Å². The first-order valence-corrected chi connectivity index (χ1v) is 11.9. The van der Waals surface area contributed by atoms with E-state index < -0.39 is 0 Å². The molecule has 3 heterocycles. The lowest BCUT2D eigenvalue weighted by atomic mass is 9.84. The molecule has 1 atom stereocenters. The maximum absolute atomic E-state index is 12.5. The van der Waals surface area contributed by atoms with Gasteiger partial charge in [-0.15, -0.1) is 0 Å². The second kappa shape index (κ2) is 7.68. The average molecular weight is 432 g/mol. The molecule has 6 rings (SSSR count). The SMILES string of the molecule is O=C(C1CCC1)N1CC2=CN(Cc3ccc(Oc4nc5ccccc5s4)cc3)CC2C1. The number of benzene rings is 2. The maximum atomic E-state index is 12.5. The fraction of sp³-hybridized carbons (Fsp3) is 0.360. The van der Waals surface area contributed by atoms with Crippen LogP contribution in [0.15, 0.2) is 60.3 Å². The molecule has 2 fully saturated rings. The van der Waals surface area contributed by atoms with Crippen LogP contribution in [-0.4, -0.2) is 40.3 Å². The fourth-order valence-electron chi connectivity index (χ4n) is 4.77. The number of aromatic nitrogens is 1. The summed E-state index contributed by atoms with van der Waals surface area (Å²) in [4.78, 5) is 21.5. The summed E-state index contributed by atoms with van der Waals surface area (Å²) in [6, 6.07) is 16.4. The van der Waals surface area contributed by atoms with Crippen molar-refractivity contribution in [1.82, 2.24) is 14.8 Å². The third-order valence-electron chi connectivity index (χ3n) is 6.70. The van der Waals surface area contributed by atoms with Crippen LogP contribution in [-0.2, 0) is 11.3 Å². The van der Waals surface area contributed by atoms with Gasteiger partial charge in [0.15, 0.2) is 0 Å². The zero-order valence-electron chi connectivity index (χ0n) is 17.4. The van der Waals surface area contributed by atoms with Crippen molar-refractivity contribution < 1.29 is 9.53 Å². The molecule has 2 aromatic carbocycles. The number of fused-ring (bicyclic) bond motifs is 2. The molecule has 1 saturated carbocycles. The highest BCUT2D eigenvalue weighted by Crippen LogP contribution is 2.35. The molecule has 0 N–H and O–H groups in total. The average Bonchev–Trinajstić information content (AvgIpc) is 3.40. The van der Waals surface area contributed by atoms with E-state index in [0.717, 1.165) is 55.0 Å². The molecule has 158 valence electrons. The van der Waals surface area contributed by atoms with Gasteiger partial charge in [0.25, 0.3) is 5.19 Å². The Balaban J connectivity index is 1.06. The highest BCUT2D eigenvalue weighted by atomic mass is 32.1. The minimum Gasteiger partial charge on any atom is -0.431 e. The maximum Gasteiger partial charge on any atom is 0.279 e. The molecule has 5 nitrogen and oxygen atoms in total. The molecular formula is C25H25N3O2S. The predicted molar refractivity (Wildman–Crippen MR) is 122 cm³/mol. The van der Waals surface area contributed by atoms with Crippen LogP contribution in [0.1, 0.15) is 24.8 Å². The minimum absolute atomic E-state index is 0.305. The lowest BCUT2D eigenvalue weighted by Crippen LogP contribution is -2.38. The van der Waals surface area contributed by atoms with Gasteiger partial charge in [-0.05, 0) is 48.2 Å². The Morgan fingerprint density at radius 1 is 1.10 bits per heavy atom. The number of carbonyl (C=O) groups is 1. The summed E-state index contributed by atoms with van der Waals surface area (Å²) in [5.74, 6) is 2.01. The summed E-state index contributed by atoms with van der Waals surface area (Å²) in [5.41, 5.74) is 3.65. The number of rotatable bonds is 5. The fourth-order valence-corrected chi connectivity index (χ4v) is 5.61. The number of carbonyl (C=O) groups excluding carboxylic acids is 1. The molecule has 31 heavy (non-hydrogen) atoms. The molecule has 1 saturated heterocycles. The van der Waals surface area contributed by atoms with Crippen LogP contribution in [0, 0.1) is 11.8 Å². The van der Waals surface area contributed by atoms with Crippen molar-refractivity contribution in [2.24, 2.45) is 11.8 Å². The first kappa shape index (κ1) is 18.9. The number of para-hydroxylation sites is 1. The number of hydrogen-bond donors (Lipinski definition) is 0. The molecule has 3 aromatic rings. The van der Waals surface area contributed by atoms with Gasteiger partial charge in [0.2, 0.25) is 5.91 Å². The van der Waals surface area contributed by atoms with E-state index in [1.165, 1.54) is 17.6 Å². The zero-order chi connectivity index (χ0) is 20.8. The number of hydrogen-bond acceptors (Lipinski definition) is 5. The Kier molecular flexibility index (Phi) is 4.68. The van der Waals surface area contributed by atoms with Crippen LogP contribution in [0.4, 0.5) is 0 Å². The quantitative estimate of drug-likeness (QED) is 0.567. The summed E-state index contributed by atoms with van der Waals surface area (Å²) in [7, 11) is 0. The number of nitrogens with zero attached hydrogens (tertiary/aromatic N) is 3. The van der Waals surface area contributed by atoms with Crippen LogP contribution < -0.4 is 4.74 Å². The van der Waals surface area contributed by atoms with E-state index in [1.54, 1.807) is 11.3 Å².